The molecule has 0 atom stereocenters. The minimum absolute atomic E-state index is 0.0170. The van der Waals surface area contributed by atoms with E-state index in [-0.39, 0.29) is 35.5 Å². The second kappa shape index (κ2) is 6.66. The largest absolute Gasteiger partial charge is 0.302 e. The van der Waals surface area contributed by atoms with E-state index in [9.17, 15) is 23.3 Å². The van der Waals surface area contributed by atoms with Gasteiger partial charge in [0, 0.05) is 35.9 Å². The Balaban J connectivity index is 1.51. The Morgan fingerprint density at radius 2 is 2.00 bits per heavy atom. The number of nitro benzene ring substituents is 1. The highest BCUT2D eigenvalue weighted by Gasteiger charge is 2.33. The quantitative estimate of drug-likeness (QED) is 0.597. The predicted molar refractivity (Wildman–Crippen MR) is 97.9 cm³/mol. The summed E-state index contributed by atoms with van der Waals surface area (Å²) in [7, 11) is -3.76. The third kappa shape index (κ3) is 3.57. The number of benzene rings is 1. The molecule has 2 aliphatic rings. The van der Waals surface area contributed by atoms with E-state index in [1.165, 1.54) is 39.9 Å². The molecule has 11 heteroatoms. The highest BCUT2D eigenvalue weighted by atomic mass is 32.2. The number of nitro groups is 1. The zero-order valence-corrected chi connectivity index (χ0v) is 15.8. The molecule has 1 saturated carbocycles. The molecule has 27 heavy (non-hydrogen) atoms. The highest BCUT2D eigenvalue weighted by Crippen LogP contribution is 2.34. The summed E-state index contributed by atoms with van der Waals surface area (Å²) in [6, 6.07) is 4.86. The van der Waals surface area contributed by atoms with Crippen molar-refractivity contribution in [3.8, 4) is 0 Å². The van der Waals surface area contributed by atoms with Crippen molar-refractivity contribution in [3.05, 3.63) is 45.0 Å². The molecule has 1 aromatic carbocycles. The summed E-state index contributed by atoms with van der Waals surface area (Å²) in [5.74, 6) is 0.0430. The first-order valence-electron chi connectivity index (χ1n) is 8.38. The zero-order chi connectivity index (χ0) is 19.2. The van der Waals surface area contributed by atoms with Crippen LogP contribution >= 0.6 is 11.3 Å². The maximum absolute atomic E-state index is 12.8. The van der Waals surface area contributed by atoms with Crippen molar-refractivity contribution in [2.75, 3.05) is 11.9 Å². The molecule has 0 radical (unpaired) electrons. The molecule has 1 N–H and O–H groups in total. The number of carbonyl (C=O) groups is 1. The Hall–Kier alpha value is -2.37. The van der Waals surface area contributed by atoms with Gasteiger partial charge in [0.2, 0.25) is 15.9 Å². The van der Waals surface area contributed by atoms with Crippen LogP contribution in [-0.4, -0.2) is 35.1 Å². The highest BCUT2D eigenvalue weighted by molar-refractivity contribution is 7.89. The summed E-state index contributed by atoms with van der Waals surface area (Å²) in [4.78, 5) is 27.3. The third-order valence-corrected chi connectivity index (χ3v) is 7.42. The van der Waals surface area contributed by atoms with Crippen molar-refractivity contribution < 1.29 is 18.1 Å². The van der Waals surface area contributed by atoms with Gasteiger partial charge in [-0.25, -0.2) is 13.4 Å². The van der Waals surface area contributed by atoms with Crippen LogP contribution in [0.4, 0.5) is 10.8 Å². The van der Waals surface area contributed by atoms with Gasteiger partial charge in [0.15, 0.2) is 5.13 Å². The van der Waals surface area contributed by atoms with Crippen molar-refractivity contribution in [1.82, 2.24) is 9.29 Å². The number of rotatable bonds is 5. The van der Waals surface area contributed by atoms with Crippen LogP contribution in [0, 0.1) is 16.0 Å². The van der Waals surface area contributed by atoms with Crippen LogP contribution in [0.1, 0.15) is 23.4 Å². The summed E-state index contributed by atoms with van der Waals surface area (Å²) in [6.07, 6.45) is 2.26. The SMILES string of the molecule is O=C(Nc1nc2c(s1)CN(S(=O)(=O)c1ccc([N+](=O)[O-])cc1)CC2)C1CC1. The van der Waals surface area contributed by atoms with Gasteiger partial charge in [0.25, 0.3) is 5.69 Å². The van der Waals surface area contributed by atoms with Gasteiger partial charge in [-0.05, 0) is 25.0 Å². The number of hydrogen-bond donors (Lipinski definition) is 1. The van der Waals surface area contributed by atoms with Crippen molar-refractivity contribution in [2.45, 2.75) is 30.7 Å². The minimum Gasteiger partial charge on any atom is -0.302 e. The van der Waals surface area contributed by atoms with Crippen LogP contribution in [0.5, 0.6) is 0 Å². The summed E-state index contributed by atoms with van der Waals surface area (Å²) >= 11 is 1.29. The van der Waals surface area contributed by atoms with Crippen LogP contribution in [0.15, 0.2) is 29.2 Å². The second-order valence-corrected chi connectivity index (χ2v) is 9.51. The topological polar surface area (TPSA) is 123 Å². The van der Waals surface area contributed by atoms with Crippen LogP contribution in [0.3, 0.4) is 0 Å². The summed E-state index contributed by atoms with van der Waals surface area (Å²) in [5.41, 5.74) is 0.648. The third-order valence-electron chi connectivity index (χ3n) is 4.56. The Labute approximate surface area is 159 Å². The number of sulfonamides is 1. The number of hydrogen-bond acceptors (Lipinski definition) is 7. The monoisotopic (exact) mass is 408 g/mol. The van der Waals surface area contributed by atoms with Gasteiger partial charge in [0.05, 0.1) is 22.1 Å². The number of carbonyl (C=O) groups excluding carboxylic acids is 1. The number of non-ortho nitro benzene ring substituents is 1. The summed E-state index contributed by atoms with van der Waals surface area (Å²) in [5, 5.41) is 14.0. The molecule has 1 aromatic heterocycles. The lowest BCUT2D eigenvalue weighted by atomic mass is 10.2. The lowest BCUT2D eigenvalue weighted by Gasteiger charge is -2.25. The van der Waals surface area contributed by atoms with Crippen LogP contribution in [0.25, 0.3) is 0 Å². The van der Waals surface area contributed by atoms with Crippen LogP contribution < -0.4 is 5.32 Å². The fraction of sp³-hybridized carbons (Fsp3) is 0.375. The van der Waals surface area contributed by atoms with E-state index in [1.54, 1.807) is 0 Å². The van der Waals surface area contributed by atoms with Gasteiger partial charge in [-0.15, -0.1) is 11.3 Å². The molecule has 1 aliphatic heterocycles. The molecule has 0 saturated heterocycles. The second-order valence-electron chi connectivity index (χ2n) is 6.49. The molecule has 1 aliphatic carbocycles. The Morgan fingerprint density at radius 3 is 2.63 bits per heavy atom. The lowest BCUT2D eigenvalue weighted by molar-refractivity contribution is -0.384. The maximum atomic E-state index is 12.8. The standard InChI is InChI=1S/C16H16N4O5S2/c21-15(10-1-2-10)18-16-17-13-7-8-19(9-14(13)26-16)27(24,25)12-5-3-11(4-6-12)20(22)23/h3-6,10H,1-2,7-9H2,(H,17,18,21). The van der Waals surface area contributed by atoms with Crippen molar-refractivity contribution in [3.63, 3.8) is 0 Å². The van der Waals surface area contributed by atoms with Crippen molar-refractivity contribution in [2.24, 2.45) is 5.92 Å². The molecular formula is C16H16N4O5S2. The van der Waals surface area contributed by atoms with Gasteiger partial charge < -0.3 is 5.32 Å². The molecule has 9 nitrogen and oxygen atoms in total. The van der Waals surface area contributed by atoms with Crippen molar-refractivity contribution in [1.29, 1.82) is 0 Å². The van der Waals surface area contributed by atoms with Gasteiger partial charge in [0.1, 0.15) is 0 Å². The van der Waals surface area contributed by atoms with E-state index in [2.05, 4.69) is 10.3 Å². The average Bonchev–Trinajstić information content (AvgIpc) is 3.42. The van der Waals surface area contributed by atoms with Crippen LogP contribution in [-0.2, 0) is 27.8 Å². The van der Waals surface area contributed by atoms with E-state index in [0.717, 1.165) is 23.4 Å². The number of aromatic nitrogens is 1. The first-order chi connectivity index (χ1) is 12.8. The van der Waals surface area contributed by atoms with Gasteiger partial charge in [-0.2, -0.15) is 4.31 Å². The van der Waals surface area contributed by atoms with Crippen LogP contribution in [0.2, 0.25) is 0 Å². The molecular weight excluding hydrogens is 392 g/mol. The fourth-order valence-corrected chi connectivity index (χ4v) is 5.39. The first kappa shape index (κ1) is 18.0. The van der Waals surface area contributed by atoms with E-state index in [1.807, 2.05) is 0 Å². The van der Waals surface area contributed by atoms with Crippen molar-refractivity contribution >= 4 is 38.1 Å². The van der Waals surface area contributed by atoms with Gasteiger partial charge in [-0.1, -0.05) is 0 Å². The van der Waals surface area contributed by atoms with E-state index < -0.39 is 14.9 Å². The number of nitrogens with one attached hydrogen (secondary N) is 1. The van der Waals surface area contributed by atoms with Gasteiger partial charge >= 0.3 is 0 Å². The minimum atomic E-state index is -3.76. The molecule has 4 rings (SSSR count). The molecule has 142 valence electrons. The molecule has 0 spiro atoms. The lowest BCUT2D eigenvalue weighted by Crippen LogP contribution is -2.35. The number of thiazole rings is 1. The molecule has 2 aromatic rings. The number of anilines is 1. The number of amides is 1. The molecule has 2 heterocycles. The number of nitrogens with zero attached hydrogens (tertiary/aromatic N) is 3. The Bertz CT molecular complexity index is 1010. The molecule has 1 fully saturated rings. The first-order valence-corrected chi connectivity index (χ1v) is 10.6. The summed E-state index contributed by atoms with van der Waals surface area (Å²) < 4.78 is 27.0. The maximum Gasteiger partial charge on any atom is 0.269 e. The number of fused-ring (bicyclic) bond motifs is 1. The molecule has 0 bridgehead atoms. The predicted octanol–water partition coefficient (Wildman–Crippen LogP) is 2.15. The fourth-order valence-electron chi connectivity index (χ4n) is 2.87. The molecule has 0 unspecified atom stereocenters. The van der Waals surface area contributed by atoms with E-state index >= 15 is 0 Å². The normalized spacial score (nSPS) is 17.3. The Kier molecular flexibility index (Phi) is 4.44. The zero-order valence-electron chi connectivity index (χ0n) is 14.1. The Morgan fingerprint density at radius 1 is 1.30 bits per heavy atom. The molecule has 1 amide bonds. The van der Waals surface area contributed by atoms with E-state index in [0.29, 0.717) is 11.6 Å². The smallest absolute Gasteiger partial charge is 0.269 e. The summed E-state index contributed by atoms with van der Waals surface area (Å²) in [6.45, 7) is 0.442. The average molecular weight is 408 g/mol. The van der Waals surface area contributed by atoms with E-state index in [4.69, 9.17) is 0 Å². The van der Waals surface area contributed by atoms with Gasteiger partial charge in [-0.3, -0.25) is 14.9 Å².